The standard InChI is InChI=1S/C13H30N4O2S2.HI/c1-7-21(18,19)17(5)10-8-9-15-12(14-4)16-11-13(2,3)20-6;/h7-11H2,1-6H3,(H2,14,15,16);1H. The van der Waals surface area contributed by atoms with Crippen LogP contribution >= 0.6 is 35.7 Å². The van der Waals surface area contributed by atoms with Crippen LogP contribution in [0, 0.1) is 0 Å². The van der Waals surface area contributed by atoms with Gasteiger partial charge in [0.05, 0.1) is 5.75 Å². The Bertz CT molecular complexity index is 428. The number of guanidine groups is 1. The molecule has 0 saturated carbocycles. The van der Waals surface area contributed by atoms with Gasteiger partial charge in [-0.25, -0.2) is 12.7 Å². The zero-order valence-corrected chi connectivity index (χ0v) is 18.4. The quantitative estimate of drug-likeness (QED) is 0.234. The van der Waals surface area contributed by atoms with Crippen molar-refractivity contribution in [2.75, 3.05) is 45.7 Å². The molecule has 0 saturated heterocycles. The fourth-order valence-electron chi connectivity index (χ4n) is 1.46. The Kier molecular flexibility index (Phi) is 13.1. The maximum absolute atomic E-state index is 11.6. The van der Waals surface area contributed by atoms with Crippen molar-refractivity contribution in [1.82, 2.24) is 14.9 Å². The van der Waals surface area contributed by atoms with Gasteiger partial charge in [0.1, 0.15) is 0 Å². The van der Waals surface area contributed by atoms with Crippen LogP contribution in [-0.2, 0) is 10.0 Å². The maximum Gasteiger partial charge on any atom is 0.213 e. The molecule has 22 heavy (non-hydrogen) atoms. The second kappa shape index (κ2) is 11.7. The minimum absolute atomic E-state index is 0. The van der Waals surface area contributed by atoms with E-state index in [0.717, 1.165) is 18.9 Å². The van der Waals surface area contributed by atoms with Gasteiger partial charge in [-0.1, -0.05) is 0 Å². The molecule has 0 rings (SSSR count). The van der Waals surface area contributed by atoms with Gasteiger partial charge in [-0.15, -0.1) is 24.0 Å². The largest absolute Gasteiger partial charge is 0.356 e. The number of hydrogen-bond donors (Lipinski definition) is 2. The third-order valence-corrected chi connectivity index (χ3v) is 6.35. The van der Waals surface area contributed by atoms with Crippen molar-refractivity contribution in [2.24, 2.45) is 4.99 Å². The lowest BCUT2D eigenvalue weighted by Crippen LogP contribution is -2.44. The van der Waals surface area contributed by atoms with Gasteiger partial charge in [-0.3, -0.25) is 4.99 Å². The van der Waals surface area contributed by atoms with Gasteiger partial charge in [0, 0.05) is 38.5 Å². The molecule has 0 radical (unpaired) electrons. The molecule has 0 aromatic rings. The van der Waals surface area contributed by atoms with Gasteiger partial charge < -0.3 is 10.6 Å². The van der Waals surface area contributed by atoms with Crippen molar-refractivity contribution < 1.29 is 8.42 Å². The molecular formula is C13H31IN4O2S2. The molecule has 9 heteroatoms. The van der Waals surface area contributed by atoms with E-state index < -0.39 is 10.0 Å². The van der Waals surface area contributed by atoms with Crippen LogP contribution in [0.4, 0.5) is 0 Å². The smallest absolute Gasteiger partial charge is 0.213 e. The number of sulfonamides is 1. The van der Waals surface area contributed by atoms with Gasteiger partial charge in [-0.2, -0.15) is 11.8 Å². The van der Waals surface area contributed by atoms with Crippen LogP contribution in [0.15, 0.2) is 4.99 Å². The molecule has 0 atom stereocenters. The van der Waals surface area contributed by atoms with Crippen LogP contribution < -0.4 is 10.6 Å². The summed E-state index contributed by atoms with van der Waals surface area (Å²) in [5, 5.41) is 6.48. The van der Waals surface area contributed by atoms with Crippen LogP contribution in [0.1, 0.15) is 27.2 Å². The Balaban J connectivity index is 0. The highest BCUT2D eigenvalue weighted by Gasteiger charge is 2.16. The Labute approximate surface area is 157 Å². The summed E-state index contributed by atoms with van der Waals surface area (Å²) >= 11 is 1.80. The first-order valence-electron chi connectivity index (χ1n) is 7.12. The zero-order chi connectivity index (χ0) is 16.5. The molecule has 6 nitrogen and oxygen atoms in total. The molecule has 0 aliphatic carbocycles. The lowest BCUT2D eigenvalue weighted by Gasteiger charge is -2.24. The van der Waals surface area contributed by atoms with Crippen molar-refractivity contribution >= 4 is 51.7 Å². The first-order valence-corrected chi connectivity index (χ1v) is 9.95. The van der Waals surface area contributed by atoms with Crippen LogP contribution in [-0.4, -0.2) is 69.2 Å². The van der Waals surface area contributed by atoms with Gasteiger partial charge in [0.2, 0.25) is 10.0 Å². The van der Waals surface area contributed by atoms with Crippen molar-refractivity contribution in [3.05, 3.63) is 0 Å². The van der Waals surface area contributed by atoms with Gasteiger partial charge >= 0.3 is 0 Å². The SMILES string of the molecule is CCS(=O)(=O)N(C)CCCNC(=NC)NCC(C)(C)SC.I. The fraction of sp³-hybridized carbons (Fsp3) is 0.923. The van der Waals surface area contributed by atoms with Gasteiger partial charge in [0.15, 0.2) is 5.96 Å². The van der Waals surface area contributed by atoms with Crippen molar-refractivity contribution in [3.8, 4) is 0 Å². The van der Waals surface area contributed by atoms with Crippen LogP contribution in [0.3, 0.4) is 0 Å². The first kappa shape index (κ1) is 24.5. The normalized spacial score (nSPS) is 13.0. The summed E-state index contributed by atoms with van der Waals surface area (Å²) < 4.78 is 24.7. The molecule has 134 valence electrons. The number of nitrogens with one attached hydrogen (secondary N) is 2. The second-order valence-corrected chi connectivity index (χ2v) is 9.27. The minimum Gasteiger partial charge on any atom is -0.356 e. The Morgan fingerprint density at radius 3 is 2.36 bits per heavy atom. The van der Waals surface area contributed by atoms with Crippen LogP contribution in [0.2, 0.25) is 0 Å². The van der Waals surface area contributed by atoms with E-state index in [1.165, 1.54) is 4.31 Å². The summed E-state index contributed by atoms with van der Waals surface area (Å²) in [5.41, 5.74) is 0. The molecule has 0 heterocycles. The lowest BCUT2D eigenvalue weighted by atomic mass is 10.2. The predicted molar refractivity (Wildman–Crippen MR) is 109 cm³/mol. The van der Waals surface area contributed by atoms with Gasteiger partial charge in [-0.05, 0) is 33.4 Å². The summed E-state index contributed by atoms with van der Waals surface area (Å²) in [5.74, 6) is 0.891. The molecule has 0 aromatic heterocycles. The monoisotopic (exact) mass is 466 g/mol. The van der Waals surface area contributed by atoms with Crippen molar-refractivity contribution in [3.63, 3.8) is 0 Å². The van der Waals surface area contributed by atoms with E-state index in [0.29, 0.717) is 13.1 Å². The molecule has 0 fully saturated rings. The Hall–Kier alpha value is 0.260. The van der Waals surface area contributed by atoms with Crippen LogP contribution in [0.5, 0.6) is 0 Å². The van der Waals surface area contributed by atoms with Gasteiger partial charge in [0.25, 0.3) is 0 Å². The molecule has 2 N–H and O–H groups in total. The fourth-order valence-corrected chi connectivity index (χ4v) is 2.52. The minimum atomic E-state index is -3.08. The third-order valence-electron chi connectivity index (χ3n) is 3.24. The lowest BCUT2D eigenvalue weighted by molar-refractivity contribution is 0.461. The molecule has 0 amide bonds. The Morgan fingerprint density at radius 2 is 1.91 bits per heavy atom. The summed E-state index contributed by atoms with van der Waals surface area (Å²) in [7, 11) is 0.269. The second-order valence-electron chi connectivity index (χ2n) is 5.39. The topological polar surface area (TPSA) is 73.8 Å². The number of rotatable bonds is 9. The molecule has 0 aliphatic heterocycles. The van der Waals surface area contributed by atoms with E-state index in [1.807, 2.05) is 0 Å². The highest BCUT2D eigenvalue weighted by Crippen LogP contribution is 2.19. The highest BCUT2D eigenvalue weighted by atomic mass is 127. The summed E-state index contributed by atoms with van der Waals surface area (Å²) in [6.07, 6.45) is 2.82. The predicted octanol–water partition coefficient (Wildman–Crippen LogP) is 1.58. The highest BCUT2D eigenvalue weighted by molar-refractivity contribution is 14.0. The Morgan fingerprint density at radius 1 is 1.32 bits per heavy atom. The average Bonchev–Trinajstić information content (AvgIpc) is 2.46. The van der Waals surface area contributed by atoms with E-state index in [1.54, 1.807) is 32.8 Å². The number of halogens is 1. The molecule has 0 spiro atoms. The number of nitrogens with zero attached hydrogens (tertiary/aromatic N) is 2. The summed E-state index contributed by atoms with van der Waals surface area (Å²) in [6.45, 7) is 8.01. The summed E-state index contributed by atoms with van der Waals surface area (Å²) in [6, 6.07) is 0. The molecule has 0 bridgehead atoms. The van der Waals surface area contributed by atoms with E-state index in [9.17, 15) is 8.42 Å². The number of aliphatic imine (C=N–C) groups is 1. The number of hydrogen-bond acceptors (Lipinski definition) is 4. The van der Waals surface area contributed by atoms with Crippen molar-refractivity contribution in [2.45, 2.75) is 31.9 Å². The molecular weight excluding hydrogens is 435 g/mol. The first-order chi connectivity index (χ1) is 9.68. The third kappa shape index (κ3) is 10.1. The van der Waals surface area contributed by atoms with Crippen molar-refractivity contribution in [1.29, 1.82) is 0 Å². The van der Waals surface area contributed by atoms with E-state index in [2.05, 4.69) is 35.7 Å². The van der Waals surface area contributed by atoms with E-state index in [-0.39, 0.29) is 34.5 Å². The molecule has 0 aliphatic rings. The molecule has 0 unspecified atom stereocenters. The van der Waals surface area contributed by atoms with E-state index in [4.69, 9.17) is 0 Å². The number of thioether (sulfide) groups is 1. The zero-order valence-electron chi connectivity index (χ0n) is 14.5. The average molecular weight is 466 g/mol. The summed E-state index contributed by atoms with van der Waals surface area (Å²) in [4.78, 5) is 4.16. The van der Waals surface area contributed by atoms with Crippen LogP contribution in [0.25, 0.3) is 0 Å². The maximum atomic E-state index is 11.6. The van der Waals surface area contributed by atoms with E-state index >= 15 is 0 Å². The molecule has 0 aromatic carbocycles.